The molecule has 2 heterocycles. The van der Waals surface area contributed by atoms with Crippen LogP contribution in [0, 0.1) is 18.6 Å². The van der Waals surface area contributed by atoms with Gasteiger partial charge in [0.2, 0.25) is 0 Å². The molecule has 5 heteroatoms. The average molecular weight is 351 g/mol. The lowest BCUT2D eigenvalue weighted by molar-refractivity contribution is 0.577. The predicted octanol–water partition coefficient (Wildman–Crippen LogP) is 4.36. The van der Waals surface area contributed by atoms with E-state index in [0.29, 0.717) is 23.4 Å². The fraction of sp³-hybridized carbons (Fsp3) is 0.238. The third-order valence-electron chi connectivity index (χ3n) is 4.88. The first-order valence-electron chi connectivity index (χ1n) is 8.71. The Morgan fingerprint density at radius 1 is 0.962 bits per heavy atom. The summed E-state index contributed by atoms with van der Waals surface area (Å²) in [4.78, 5) is 0. The molecule has 3 aromatic rings. The molecule has 1 aliphatic rings. The molecule has 2 aromatic carbocycles. The molecule has 3 nitrogen and oxygen atoms in total. The van der Waals surface area contributed by atoms with Crippen molar-refractivity contribution in [1.82, 2.24) is 15.5 Å². The van der Waals surface area contributed by atoms with Crippen LogP contribution in [0.5, 0.6) is 0 Å². The Labute approximate surface area is 151 Å². The molecule has 0 aliphatic carbocycles. The SMILES string of the molecule is Cc1ccc(-c2cc3c(cc2F)C(c2ccccc2F)CCNC3)nn1. The summed E-state index contributed by atoms with van der Waals surface area (Å²) in [6.07, 6.45) is 0.719. The predicted molar refractivity (Wildman–Crippen MR) is 96.7 cm³/mol. The summed E-state index contributed by atoms with van der Waals surface area (Å²) in [7, 11) is 0. The van der Waals surface area contributed by atoms with Crippen molar-refractivity contribution in [2.75, 3.05) is 6.54 Å². The molecule has 1 unspecified atom stereocenters. The van der Waals surface area contributed by atoms with E-state index in [1.54, 1.807) is 18.2 Å². The van der Waals surface area contributed by atoms with Crippen LogP contribution in [0.1, 0.15) is 34.7 Å². The minimum Gasteiger partial charge on any atom is -0.313 e. The average Bonchev–Trinajstić information content (AvgIpc) is 2.84. The minimum atomic E-state index is -0.356. The van der Waals surface area contributed by atoms with Gasteiger partial charge in [0.1, 0.15) is 11.6 Å². The van der Waals surface area contributed by atoms with Crippen LogP contribution in [0.15, 0.2) is 48.5 Å². The topological polar surface area (TPSA) is 37.8 Å². The van der Waals surface area contributed by atoms with Crippen molar-refractivity contribution in [3.05, 3.63) is 82.5 Å². The number of aryl methyl sites for hydroxylation is 1. The Kier molecular flexibility index (Phi) is 4.47. The molecular formula is C21H19F2N3. The lowest BCUT2D eigenvalue weighted by Gasteiger charge is -2.19. The van der Waals surface area contributed by atoms with E-state index < -0.39 is 0 Å². The van der Waals surface area contributed by atoms with E-state index in [-0.39, 0.29) is 17.6 Å². The van der Waals surface area contributed by atoms with Crippen LogP contribution >= 0.6 is 0 Å². The summed E-state index contributed by atoms with van der Waals surface area (Å²) in [6, 6.07) is 13.7. The first-order valence-corrected chi connectivity index (χ1v) is 8.71. The summed E-state index contributed by atoms with van der Waals surface area (Å²) >= 11 is 0. The highest BCUT2D eigenvalue weighted by molar-refractivity contribution is 5.62. The lowest BCUT2D eigenvalue weighted by Crippen LogP contribution is -2.12. The van der Waals surface area contributed by atoms with E-state index in [1.165, 1.54) is 12.1 Å². The smallest absolute Gasteiger partial charge is 0.132 e. The number of nitrogens with one attached hydrogen (secondary N) is 1. The van der Waals surface area contributed by atoms with Crippen molar-refractivity contribution < 1.29 is 8.78 Å². The molecule has 0 radical (unpaired) electrons. The molecule has 0 amide bonds. The molecule has 1 aliphatic heterocycles. The highest BCUT2D eigenvalue weighted by Gasteiger charge is 2.25. The molecule has 1 atom stereocenters. The van der Waals surface area contributed by atoms with Crippen molar-refractivity contribution in [3.8, 4) is 11.3 Å². The molecule has 4 rings (SSSR count). The van der Waals surface area contributed by atoms with Crippen molar-refractivity contribution in [2.24, 2.45) is 0 Å². The Hall–Kier alpha value is -2.66. The maximum Gasteiger partial charge on any atom is 0.132 e. The maximum absolute atomic E-state index is 14.9. The maximum atomic E-state index is 14.9. The minimum absolute atomic E-state index is 0.172. The van der Waals surface area contributed by atoms with E-state index in [4.69, 9.17) is 0 Å². The quantitative estimate of drug-likeness (QED) is 0.746. The van der Waals surface area contributed by atoms with Crippen molar-refractivity contribution in [1.29, 1.82) is 0 Å². The van der Waals surface area contributed by atoms with Gasteiger partial charge in [-0.2, -0.15) is 10.2 Å². The van der Waals surface area contributed by atoms with Gasteiger partial charge in [0.15, 0.2) is 0 Å². The highest BCUT2D eigenvalue weighted by Crippen LogP contribution is 2.36. The van der Waals surface area contributed by atoms with Crippen LogP contribution in [-0.4, -0.2) is 16.7 Å². The Balaban J connectivity index is 1.83. The highest BCUT2D eigenvalue weighted by atomic mass is 19.1. The van der Waals surface area contributed by atoms with Crippen LogP contribution in [0.2, 0.25) is 0 Å². The van der Waals surface area contributed by atoms with Crippen LogP contribution in [0.25, 0.3) is 11.3 Å². The number of fused-ring (bicyclic) bond motifs is 1. The second kappa shape index (κ2) is 6.92. The summed E-state index contributed by atoms with van der Waals surface area (Å²) in [5, 5.41) is 11.5. The number of nitrogens with zero attached hydrogens (tertiary/aromatic N) is 2. The Morgan fingerprint density at radius 2 is 1.81 bits per heavy atom. The van der Waals surface area contributed by atoms with E-state index >= 15 is 0 Å². The number of hydrogen-bond acceptors (Lipinski definition) is 3. The zero-order valence-electron chi connectivity index (χ0n) is 14.5. The van der Waals surface area contributed by atoms with E-state index in [9.17, 15) is 8.78 Å². The number of hydrogen-bond donors (Lipinski definition) is 1. The monoisotopic (exact) mass is 351 g/mol. The van der Waals surface area contributed by atoms with Crippen LogP contribution in [0.3, 0.4) is 0 Å². The largest absolute Gasteiger partial charge is 0.313 e. The van der Waals surface area contributed by atoms with Crippen LogP contribution < -0.4 is 5.32 Å². The summed E-state index contributed by atoms with van der Waals surface area (Å²) in [5.74, 6) is -0.779. The zero-order valence-corrected chi connectivity index (χ0v) is 14.5. The summed E-state index contributed by atoms with van der Waals surface area (Å²) < 4.78 is 29.3. The van der Waals surface area contributed by atoms with Gasteiger partial charge in [-0.1, -0.05) is 18.2 Å². The van der Waals surface area contributed by atoms with Gasteiger partial charge in [0.05, 0.1) is 11.4 Å². The molecular weight excluding hydrogens is 332 g/mol. The zero-order chi connectivity index (χ0) is 18.1. The van der Waals surface area contributed by atoms with Gasteiger partial charge in [-0.25, -0.2) is 8.78 Å². The van der Waals surface area contributed by atoms with Gasteiger partial charge in [-0.05, 0) is 66.9 Å². The number of rotatable bonds is 2. The molecule has 132 valence electrons. The lowest BCUT2D eigenvalue weighted by atomic mass is 9.85. The molecule has 0 saturated carbocycles. The molecule has 1 N–H and O–H groups in total. The van der Waals surface area contributed by atoms with Gasteiger partial charge in [-0.3, -0.25) is 0 Å². The normalized spacial score (nSPS) is 16.8. The number of benzene rings is 2. The van der Waals surface area contributed by atoms with E-state index in [2.05, 4.69) is 15.5 Å². The van der Waals surface area contributed by atoms with Gasteiger partial charge in [0, 0.05) is 18.0 Å². The second-order valence-electron chi connectivity index (χ2n) is 6.63. The van der Waals surface area contributed by atoms with Gasteiger partial charge in [-0.15, -0.1) is 0 Å². The van der Waals surface area contributed by atoms with Gasteiger partial charge < -0.3 is 5.32 Å². The van der Waals surface area contributed by atoms with Crippen molar-refractivity contribution >= 4 is 0 Å². The van der Waals surface area contributed by atoms with Gasteiger partial charge >= 0.3 is 0 Å². The second-order valence-corrected chi connectivity index (χ2v) is 6.63. The van der Waals surface area contributed by atoms with Gasteiger partial charge in [0.25, 0.3) is 0 Å². The molecule has 1 aromatic heterocycles. The number of aromatic nitrogens is 2. The Bertz CT molecular complexity index is 938. The molecule has 0 saturated heterocycles. The van der Waals surface area contributed by atoms with Crippen molar-refractivity contribution in [3.63, 3.8) is 0 Å². The molecule has 0 fully saturated rings. The summed E-state index contributed by atoms with van der Waals surface area (Å²) in [5.41, 5.74) is 4.12. The molecule has 26 heavy (non-hydrogen) atoms. The van der Waals surface area contributed by atoms with Crippen LogP contribution in [-0.2, 0) is 6.54 Å². The van der Waals surface area contributed by atoms with E-state index in [1.807, 2.05) is 25.1 Å². The van der Waals surface area contributed by atoms with Crippen LogP contribution in [0.4, 0.5) is 8.78 Å². The molecule has 0 bridgehead atoms. The van der Waals surface area contributed by atoms with E-state index in [0.717, 1.165) is 29.8 Å². The third kappa shape index (κ3) is 3.10. The third-order valence-corrected chi connectivity index (χ3v) is 4.88. The molecule has 0 spiro atoms. The fourth-order valence-corrected chi connectivity index (χ4v) is 3.56. The summed E-state index contributed by atoms with van der Waals surface area (Å²) in [6.45, 7) is 3.20. The first-order chi connectivity index (χ1) is 12.6. The fourth-order valence-electron chi connectivity index (χ4n) is 3.56. The number of halogens is 2. The van der Waals surface area contributed by atoms with Crippen molar-refractivity contribution in [2.45, 2.75) is 25.8 Å². The standard InChI is InChI=1S/C21H19F2N3/c1-13-6-7-21(26-25-13)18-10-14-12-24-9-8-15(17(14)11-20(18)23)16-4-2-3-5-19(16)22/h2-7,10-11,15,24H,8-9,12H2,1H3. The first kappa shape index (κ1) is 16.8. The Morgan fingerprint density at radius 3 is 2.58 bits per heavy atom.